The number of phenolic OH excluding ortho intramolecular Hbond substituents is 1. The highest BCUT2D eigenvalue weighted by Crippen LogP contribution is 2.20. The van der Waals surface area contributed by atoms with E-state index in [0.29, 0.717) is 18.7 Å². The van der Waals surface area contributed by atoms with Gasteiger partial charge in [-0.25, -0.2) is 0 Å². The number of hydrogen-bond donors (Lipinski definition) is 3. The maximum Gasteiger partial charge on any atom is 0.251 e. The highest BCUT2D eigenvalue weighted by Gasteiger charge is 2.18. The van der Waals surface area contributed by atoms with E-state index in [4.69, 9.17) is 10.5 Å². The molecule has 0 bridgehead atoms. The number of hydrogen-bond acceptors (Lipinski definition) is 5. The summed E-state index contributed by atoms with van der Waals surface area (Å²) >= 11 is 0. The van der Waals surface area contributed by atoms with Gasteiger partial charge >= 0.3 is 0 Å². The number of rotatable bonds is 3. The van der Waals surface area contributed by atoms with E-state index in [2.05, 4.69) is 10.2 Å². The Bertz CT molecular complexity index is 464. The van der Waals surface area contributed by atoms with Gasteiger partial charge in [-0.1, -0.05) is 0 Å². The Balaban J connectivity index is 1.88. The van der Waals surface area contributed by atoms with Crippen LogP contribution < -0.4 is 11.1 Å². The number of nitrogens with two attached hydrogens (primary N) is 1. The molecule has 0 aliphatic carbocycles. The fourth-order valence-electron chi connectivity index (χ4n) is 1.98. The van der Waals surface area contributed by atoms with Crippen molar-refractivity contribution in [3.8, 4) is 5.75 Å². The van der Waals surface area contributed by atoms with Gasteiger partial charge in [-0.3, -0.25) is 4.79 Å². The van der Waals surface area contributed by atoms with Gasteiger partial charge in [-0.2, -0.15) is 0 Å². The molecule has 1 saturated heterocycles. The number of amides is 1. The summed E-state index contributed by atoms with van der Waals surface area (Å²) in [6, 6.07) is 4.45. The van der Waals surface area contributed by atoms with E-state index in [9.17, 15) is 9.90 Å². The monoisotopic (exact) mass is 265 g/mol. The summed E-state index contributed by atoms with van der Waals surface area (Å²) in [5.74, 6) is -0.326. The number of phenols is 1. The van der Waals surface area contributed by atoms with E-state index in [1.165, 1.54) is 12.1 Å². The average Bonchev–Trinajstić information content (AvgIpc) is 2.39. The van der Waals surface area contributed by atoms with Gasteiger partial charge in [0.2, 0.25) is 0 Å². The van der Waals surface area contributed by atoms with Gasteiger partial charge < -0.3 is 25.8 Å². The molecule has 1 aliphatic heterocycles. The summed E-state index contributed by atoms with van der Waals surface area (Å²) < 4.78 is 5.55. The lowest BCUT2D eigenvalue weighted by Gasteiger charge is -2.30. The molecular weight excluding hydrogens is 246 g/mol. The van der Waals surface area contributed by atoms with Crippen LogP contribution >= 0.6 is 0 Å². The van der Waals surface area contributed by atoms with Crippen LogP contribution in [-0.2, 0) is 4.74 Å². The van der Waals surface area contributed by atoms with Crippen molar-refractivity contribution in [2.45, 2.75) is 6.10 Å². The van der Waals surface area contributed by atoms with Crippen LogP contribution in [0, 0.1) is 0 Å². The molecule has 1 fully saturated rings. The first-order valence-electron chi connectivity index (χ1n) is 6.23. The summed E-state index contributed by atoms with van der Waals surface area (Å²) in [4.78, 5) is 14.1. The Morgan fingerprint density at radius 1 is 1.63 bits per heavy atom. The van der Waals surface area contributed by atoms with Crippen molar-refractivity contribution in [1.29, 1.82) is 0 Å². The number of benzene rings is 1. The second kappa shape index (κ2) is 5.90. The van der Waals surface area contributed by atoms with Crippen LogP contribution in [0.5, 0.6) is 5.75 Å². The Morgan fingerprint density at radius 2 is 2.42 bits per heavy atom. The fourth-order valence-corrected chi connectivity index (χ4v) is 1.98. The van der Waals surface area contributed by atoms with Crippen LogP contribution in [0.2, 0.25) is 0 Å². The van der Waals surface area contributed by atoms with E-state index in [0.717, 1.165) is 13.1 Å². The van der Waals surface area contributed by atoms with Crippen LogP contribution in [0.3, 0.4) is 0 Å². The number of nitrogens with one attached hydrogen (secondary N) is 1. The molecule has 6 nitrogen and oxygen atoms in total. The Hall–Kier alpha value is -1.79. The third-order valence-electron chi connectivity index (χ3n) is 3.12. The second-order valence-corrected chi connectivity index (χ2v) is 4.74. The molecule has 0 spiro atoms. The highest BCUT2D eigenvalue weighted by atomic mass is 16.5. The van der Waals surface area contributed by atoms with Crippen molar-refractivity contribution < 1.29 is 14.6 Å². The van der Waals surface area contributed by atoms with Crippen LogP contribution in [0.1, 0.15) is 10.4 Å². The third-order valence-corrected chi connectivity index (χ3v) is 3.12. The summed E-state index contributed by atoms with van der Waals surface area (Å²) in [5, 5.41) is 12.3. The number of nitrogen functional groups attached to an aromatic ring is 1. The molecule has 1 aromatic rings. The quantitative estimate of drug-likeness (QED) is 0.530. The average molecular weight is 265 g/mol. The van der Waals surface area contributed by atoms with E-state index >= 15 is 0 Å². The molecule has 1 aliphatic rings. The van der Waals surface area contributed by atoms with Crippen molar-refractivity contribution in [2.75, 3.05) is 39.0 Å². The minimum atomic E-state index is -0.243. The number of nitrogens with zero attached hydrogens (tertiary/aromatic N) is 1. The highest BCUT2D eigenvalue weighted by molar-refractivity contribution is 5.95. The zero-order valence-electron chi connectivity index (χ0n) is 10.9. The molecule has 0 aromatic heterocycles. The minimum Gasteiger partial charge on any atom is -0.506 e. The Kier molecular flexibility index (Phi) is 4.24. The van der Waals surface area contributed by atoms with Crippen LogP contribution in [0.25, 0.3) is 0 Å². The SMILES string of the molecule is CN1CCOC(CNC(=O)c2ccc(N)c(O)c2)C1. The molecule has 4 N–H and O–H groups in total. The molecule has 2 rings (SSSR count). The first-order valence-corrected chi connectivity index (χ1v) is 6.23. The smallest absolute Gasteiger partial charge is 0.251 e. The predicted molar refractivity (Wildman–Crippen MR) is 72.1 cm³/mol. The van der Waals surface area contributed by atoms with E-state index in [1.807, 2.05) is 7.05 Å². The molecular formula is C13H19N3O3. The molecule has 1 unspecified atom stereocenters. The lowest BCUT2D eigenvalue weighted by molar-refractivity contribution is -0.0175. The second-order valence-electron chi connectivity index (χ2n) is 4.74. The van der Waals surface area contributed by atoms with E-state index < -0.39 is 0 Å². The van der Waals surface area contributed by atoms with Gasteiger partial charge in [-0.15, -0.1) is 0 Å². The lowest BCUT2D eigenvalue weighted by atomic mass is 10.1. The molecule has 0 saturated carbocycles. The van der Waals surface area contributed by atoms with Gasteiger partial charge in [0.1, 0.15) is 5.75 Å². The number of ether oxygens (including phenoxy) is 1. The number of morpholine rings is 1. The van der Waals surface area contributed by atoms with Gasteiger partial charge in [0.05, 0.1) is 18.4 Å². The summed E-state index contributed by atoms with van der Waals surface area (Å²) in [7, 11) is 2.02. The van der Waals surface area contributed by atoms with Crippen molar-refractivity contribution >= 4 is 11.6 Å². The van der Waals surface area contributed by atoms with Crippen LogP contribution in [0.4, 0.5) is 5.69 Å². The van der Waals surface area contributed by atoms with Crippen LogP contribution in [-0.4, -0.2) is 55.3 Å². The number of carbonyl (C=O) groups excluding carboxylic acids is 1. The number of carbonyl (C=O) groups is 1. The molecule has 1 aromatic carbocycles. The fraction of sp³-hybridized carbons (Fsp3) is 0.462. The first kappa shape index (κ1) is 13.6. The van der Waals surface area contributed by atoms with E-state index in [-0.39, 0.29) is 23.4 Å². The molecule has 1 amide bonds. The van der Waals surface area contributed by atoms with Crippen LogP contribution in [0.15, 0.2) is 18.2 Å². The minimum absolute atomic E-state index is 0.00470. The Labute approximate surface area is 112 Å². The molecule has 19 heavy (non-hydrogen) atoms. The topological polar surface area (TPSA) is 87.8 Å². The number of anilines is 1. The van der Waals surface area contributed by atoms with E-state index in [1.54, 1.807) is 6.07 Å². The number of likely N-dealkylation sites (N-methyl/N-ethyl adjacent to an activating group) is 1. The molecule has 104 valence electrons. The standard InChI is InChI=1S/C13H19N3O3/c1-16-4-5-19-10(8-16)7-15-13(18)9-2-3-11(14)12(17)6-9/h2-3,6,10,17H,4-5,7-8,14H2,1H3,(H,15,18). The first-order chi connectivity index (χ1) is 9.06. The maximum absolute atomic E-state index is 11.9. The molecule has 1 atom stereocenters. The number of aromatic hydroxyl groups is 1. The van der Waals surface area contributed by atoms with Crippen molar-refractivity contribution in [3.05, 3.63) is 23.8 Å². The largest absolute Gasteiger partial charge is 0.506 e. The van der Waals surface area contributed by atoms with Gasteiger partial charge in [0.15, 0.2) is 0 Å². The molecule has 1 heterocycles. The Morgan fingerprint density at radius 3 is 3.11 bits per heavy atom. The molecule has 6 heteroatoms. The van der Waals surface area contributed by atoms with Crippen molar-refractivity contribution in [3.63, 3.8) is 0 Å². The van der Waals surface area contributed by atoms with Gasteiger partial charge in [0.25, 0.3) is 5.91 Å². The summed E-state index contributed by atoms with van der Waals surface area (Å²) in [6.45, 7) is 2.84. The van der Waals surface area contributed by atoms with Gasteiger partial charge in [-0.05, 0) is 25.2 Å². The lowest BCUT2D eigenvalue weighted by Crippen LogP contribution is -2.45. The zero-order chi connectivity index (χ0) is 13.8. The normalized spacial score (nSPS) is 20.2. The zero-order valence-corrected chi connectivity index (χ0v) is 10.9. The van der Waals surface area contributed by atoms with Crippen molar-refractivity contribution in [2.24, 2.45) is 0 Å². The summed E-state index contributed by atoms with van der Waals surface area (Å²) in [5.41, 5.74) is 6.13. The van der Waals surface area contributed by atoms with Gasteiger partial charge in [0, 0.05) is 25.2 Å². The van der Waals surface area contributed by atoms with Crippen molar-refractivity contribution in [1.82, 2.24) is 10.2 Å². The third kappa shape index (κ3) is 3.59. The maximum atomic E-state index is 11.9. The molecule has 0 radical (unpaired) electrons. The predicted octanol–water partition coefficient (Wildman–Crippen LogP) is 0.0348. The summed E-state index contributed by atoms with van der Waals surface area (Å²) in [6.07, 6.45) is 0.00470.